The van der Waals surface area contributed by atoms with Crippen molar-refractivity contribution in [1.82, 2.24) is 0 Å². The molecule has 1 aromatic heterocycles. The summed E-state index contributed by atoms with van der Waals surface area (Å²) in [5.74, 6) is 0. The summed E-state index contributed by atoms with van der Waals surface area (Å²) in [6, 6.07) is 20.5. The van der Waals surface area contributed by atoms with Crippen LogP contribution >= 0.6 is 11.6 Å². The topological polar surface area (TPSA) is 61.1 Å². The fourth-order valence-electron chi connectivity index (χ4n) is 4.16. The smallest absolute Gasteiger partial charge is 0.178 e. The van der Waals surface area contributed by atoms with Crippen LogP contribution in [-0.2, 0) is 23.1 Å². The van der Waals surface area contributed by atoms with Crippen molar-refractivity contribution in [3.05, 3.63) is 94.8 Å². The molecular formula is C31H42ClNO3S. The maximum absolute atomic E-state index is 10.8. The van der Waals surface area contributed by atoms with Crippen LogP contribution in [0.1, 0.15) is 88.0 Å². The predicted octanol–water partition coefficient (Wildman–Crippen LogP) is 8.04. The summed E-state index contributed by atoms with van der Waals surface area (Å²) in [4.78, 5) is -0.140. The molecule has 4 nitrogen and oxygen atoms in total. The van der Waals surface area contributed by atoms with E-state index < -0.39 is 10.1 Å². The molecule has 0 spiro atoms. The fourth-order valence-corrected chi connectivity index (χ4v) is 4.76. The molecule has 0 amide bonds. The molecule has 0 aliphatic carbocycles. The highest BCUT2D eigenvalue weighted by atomic mass is 35.5. The van der Waals surface area contributed by atoms with E-state index >= 15 is 0 Å². The number of nitrogens with zero attached hydrogens (tertiary/aromatic N) is 1. The van der Waals surface area contributed by atoms with Gasteiger partial charge in [-0.15, -0.1) is 0 Å². The number of aromatic nitrogens is 1. The van der Waals surface area contributed by atoms with Crippen molar-refractivity contribution < 1.29 is 17.5 Å². The molecule has 0 unspecified atom stereocenters. The molecule has 0 N–H and O–H groups in total. The van der Waals surface area contributed by atoms with Gasteiger partial charge in [0, 0.05) is 29.6 Å². The maximum atomic E-state index is 10.8. The maximum Gasteiger partial charge on any atom is 0.178 e. The third-order valence-electron chi connectivity index (χ3n) is 6.46. The van der Waals surface area contributed by atoms with Crippen LogP contribution in [0.25, 0.3) is 0 Å². The Hall–Kier alpha value is -2.21. The summed E-state index contributed by atoms with van der Waals surface area (Å²) < 4.78 is 34.7. The number of halogens is 1. The second-order valence-electron chi connectivity index (χ2n) is 9.63. The van der Waals surface area contributed by atoms with E-state index in [1.807, 2.05) is 24.3 Å². The minimum Gasteiger partial charge on any atom is -0.744 e. The molecular weight excluding hydrogens is 502 g/mol. The number of hydrogen-bond donors (Lipinski definition) is 0. The zero-order chi connectivity index (χ0) is 26.9. The Morgan fingerprint density at radius 2 is 1.27 bits per heavy atom. The number of hydrogen-bond acceptors (Lipinski definition) is 3. The molecule has 0 atom stereocenters. The van der Waals surface area contributed by atoms with Gasteiger partial charge in [-0.25, -0.2) is 8.42 Å². The average molecular weight is 544 g/mol. The molecule has 3 aromatic rings. The SMILES string of the molecule is CCCCCCCCCCCCc1ccc(S(=O)(=O)[O-])cc1.Cc1cccc[n+]1Cc1ccc(Cl)cc1. The van der Waals surface area contributed by atoms with E-state index in [1.165, 1.54) is 81.2 Å². The Bertz CT molecular complexity index is 1130. The summed E-state index contributed by atoms with van der Waals surface area (Å²) in [6.45, 7) is 5.24. The van der Waals surface area contributed by atoms with Crippen molar-refractivity contribution in [3.63, 3.8) is 0 Å². The lowest BCUT2D eigenvalue weighted by atomic mass is 10.0. The Kier molecular flexibility index (Phi) is 14.5. The van der Waals surface area contributed by atoms with Gasteiger partial charge in [-0.1, -0.05) is 107 Å². The summed E-state index contributed by atoms with van der Waals surface area (Å²) in [6.07, 6.45) is 16.1. The molecule has 0 aliphatic rings. The van der Waals surface area contributed by atoms with E-state index in [9.17, 15) is 13.0 Å². The van der Waals surface area contributed by atoms with E-state index in [0.717, 1.165) is 30.0 Å². The first-order valence-corrected chi connectivity index (χ1v) is 15.3. The Labute approximate surface area is 229 Å². The van der Waals surface area contributed by atoms with Gasteiger partial charge >= 0.3 is 0 Å². The van der Waals surface area contributed by atoms with Gasteiger partial charge in [-0.2, -0.15) is 4.57 Å². The average Bonchev–Trinajstić information content (AvgIpc) is 2.88. The Morgan fingerprint density at radius 1 is 0.730 bits per heavy atom. The summed E-state index contributed by atoms with van der Waals surface area (Å²) in [7, 11) is -4.31. The van der Waals surface area contributed by atoms with Crippen molar-refractivity contribution >= 4 is 21.7 Å². The highest BCUT2D eigenvalue weighted by Crippen LogP contribution is 2.15. The molecule has 0 aliphatic heterocycles. The predicted molar refractivity (Wildman–Crippen MR) is 152 cm³/mol. The lowest BCUT2D eigenvalue weighted by Crippen LogP contribution is -2.36. The number of unbranched alkanes of at least 4 members (excludes halogenated alkanes) is 9. The largest absolute Gasteiger partial charge is 0.744 e. The molecule has 0 fully saturated rings. The van der Waals surface area contributed by atoms with Crippen LogP contribution in [0.15, 0.2) is 77.8 Å². The number of rotatable bonds is 14. The standard InChI is InChI=1S/C18H30O3S.C13H13ClN/c1-2-3-4-5-6-7-8-9-10-11-12-17-13-15-18(16-14-17)22(19,20)21;1-11-4-2-3-9-15(11)10-12-5-7-13(14)8-6-12/h13-16H,2-12H2,1H3,(H,19,20,21);2-9H,10H2,1H3/q;+1/p-1. The molecule has 3 rings (SSSR count). The molecule has 6 heteroatoms. The van der Waals surface area contributed by atoms with Crippen LogP contribution in [0.3, 0.4) is 0 Å². The zero-order valence-corrected chi connectivity index (χ0v) is 23.9. The minimum absolute atomic E-state index is 0.140. The van der Waals surface area contributed by atoms with Crippen molar-refractivity contribution in [1.29, 1.82) is 0 Å². The molecule has 2 aromatic carbocycles. The third-order valence-corrected chi connectivity index (χ3v) is 7.57. The summed E-state index contributed by atoms with van der Waals surface area (Å²) in [5, 5.41) is 0.786. The van der Waals surface area contributed by atoms with Gasteiger partial charge in [0.2, 0.25) is 0 Å². The van der Waals surface area contributed by atoms with Gasteiger partial charge in [0.15, 0.2) is 18.4 Å². The first-order valence-electron chi connectivity index (χ1n) is 13.5. The van der Waals surface area contributed by atoms with Crippen molar-refractivity contribution in [2.75, 3.05) is 0 Å². The highest BCUT2D eigenvalue weighted by molar-refractivity contribution is 7.85. The molecule has 202 valence electrons. The van der Waals surface area contributed by atoms with Gasteiger partial charge in [-0.3, -0.25) is 0 Å². The quantitative estimate of drug-likeness (QED) is 0.117. The Balaban J connectivity index is 0.000000278. The van der Waals surface area contributed by atoms with Gasteiger partial charge in [0.25, 0.3) is 0 Å². The first-order chi connectivity index (χ1) is 17.8. The van der Waals surface area contributed by atoms with Gasteiger partial charge in [-0.05, 0) is 42.7 Å². The second-order valence-corrected chi connectivity index (χ2v) is 11.4. The monoisotopic (exact) mass is 543 g/mol. The second kappa shape index (κ2) is 17.3. The van der Waals surface area contributed by atoms with Crippen LogP contribution < -0.4 is 4.57 Å². The van der Waals surface area contributed by atoms with E-state index in [1.54, 1.807) is 12.1 Å². The van der Waals surface area contributed by atoms with Gasteiger partial charge in [0.1, 0.15) is 10.1 Å². The molecule has 0 saturated heterocycles. The van der Waals surface area contributed by atoms with Gasteiger partial charge < -0.3 is 4.55 Å². The Morgan fingerprint density at radius 3 is 1.81 bits per heavy atom. The van der Waals surface area contributed by atoms with E-state index in [0.29, 0.717) is 0 Å². The molecule has 0 saturated carbocycles. The minimum atomic E-state index is -4.31. The van der Waals surface area contributed by atoms with E-state index in [4.69, 9.17) is 11.6 Å². The first kappa shape index (κ1) is 31.0. The molecule has 0 radical (unpaired) electrons. The molecule has 0 bridgehead atoms. The molecule has 1 heterocycles. The molecule has 37 heavy (non-hydrogen) atoms. The third kappa shape index (κ3) is 13.2. The van der Waals surface area contributed by atoms with Crippen molar-refractivity contribution in [3.8, 4) is 0 Å². The van der Waals surface area contributed by atoms with Crippen molar-refractivity contribution in [2.45, 2.75) is 95.9 Å². The van der Waals surface area contributed by atoms with Crippen LogP contribution in [0, 0.1) is 6.92 Å². The van der Waals surface area contributed by atoms with Crippen molar-refractivity contribution in [2.24, 2.45) is 0 Å². The van der Waals surface area contributed by atoms with E-state index in [-0.39, 0.29) is 4.90 Å². The van der Waals surface area contributed by atoms with Crippen LogP contribution in [0.4, 0.5) is 0 Å². The van der Waals surface area contributed by atoms with Crippen LogP contribution in [0.2, 0.25) is 5.02 Å². The lowest BCUT2D eigenvalue weighted by Gasteiger charge is -2.08. The summed E-state index contributed by atoms with van der Waals surface area (Å²) in [5.41, 5.74) is 3.62. The normalized spacial score (nSPS) is 11.1. The van der Waals surface area contributed by atoms with E-state index in [2.05, 4.69) is 42.8 Å². The van der Waals surface area contributed by atoms with Crippen LogP contribution in [0.5, 0.6) is 0 Å². The fraction of sp³-hybridized carbons (Fsp3) is 0.452. The lowest BCUT2D eigenvalue weighted by molar-refractivity contribution is -0.694. The number of pyridine rings is 1. The highest BCUT2D eigenvalue weighted by Gasteiger charge is 2.05. The number of benzene rings is 2. The summed E-state index contributed by atoms with van der Waals surface area (Å²) >= 11 is 5.84. The van der Waals surface area contributed by atoms with Crippen LogP contribution in [-0.4, -0.2) is 13.0 Å². The number of aryl methyl sites for hydroxylation is 2. The zero-order valence-electron chi connectivity index (χ0n) is 22.4. The van der Waals surface area contributed by atoms with Gasteiger partial charge in [0.05, 0.1) is 4.90 Å².